The number of hydrogen-bond acceptors (Lipinski definition) is 4. The molecule has 1 atom stereocenters. The predicted molar refractivity (Wildman–Crippen MR) is 81.4 cm³/mol. The number of nitrogens with one attached hydrogen (secondary N) is 1. The predicted octanol–water partition coefficient (Wildman–Crippen LogP) is 2.47. The Morgan fingerprint density at radius 1 is 1.29 bits per heavy atom. The number of ether oxygens (including phenoxy) is 1. The zero-order chi connectivity index (χ0) is 15.4. The van der Waals surface area contributed by atoms with E-state index in [0.29, 0.717) is 5.69 Å². The number of para-hydroxylation sites is 1. The first-order valence-electron chi connectivity index (χ1n) is 6.55. The summed E-state index contributed by atoms with van der Waals surface area (Å²) >= 11 is 0. The number of phenols is 1. The molecule has 5 nitrogen and oxygen atoms in total. The quantitative estimate of drug-likeness (QED) is 0.754. The molecule has 0 bridgehead atoms. The standard InChI is InChI=1S/C16H18N2O3/c1-10(11-5-3-6-12(17)9-11)18-16(20)13-7-4-8-14(21-2)15(13)19/h3-10,19H,17H2,1-2H3,(H,18,20). The number of carbonyl (C=O) groups is 1. The maximum Gasteiger partial charge on any atom is 0.255 e. The van der Waals surface area contributed by atoms with E-state index in [-0.39, 0.29) is 29.0 Å². The molecule has 0 aliphatic rings. The highest BCUT2D eigenvalue weighted by Crippen LogP contribution is 2.29. The number of carbonyl (C=O) groups excluding carboxylic acids is 1. The Labute approximate surface area is 123 Å². The number of nitrogen functional groups attached to an aromatic ring is 1. The van der Waals surface area contributed by atoms with E-state index in [2.05, 4.69) is 5.32 Å². The molecule has 5 heteroatoms. The second-order valence-electron chi connectivity index (χ2n) is 4.72. The first kappa shape index (κ1) is 14.7. The molecule has 0 aromatic heterocycles. The highest BCUT2D eigenvalue weighted by molar-refractivity contribution is 5.97. The molecule has 0 spiro atoms. The molecule has 2 aromatic carbocycles. The zero-order valence-electron chi connectivity index (χ0n) is 12.0. The Kier molecular flexibility index (Phi) is 4.33. The summed E-state index contributed by atoms with van der Waals surface area (Å²) in [6, 6.07) is 11.9. The van der Waals surface area contributed by atoms with Crippen LogP contribution in [0, 0.1) is 0 Å². The average Bonchev–Trinajstić information content (AvgIpc) is 2.47. The third-order valence-electron chi connectivity index (χ3n) is 3.22. The number of aromatic hydroxyl groups is 1. The molecule has 0 aliphatic carbocycles. The lowest BCUT2D eigenvalue weighted by atomic mass is 10.1. The molecule has 110 valence electrons. The molecular formula is C16H18N2O3. The number of phenolic OH excluding ortho intramolecular Hbond substituents is 1. The van der Waals surface area contributed by atoms with Crippen molar-refractivity contribution in [1.82, 2.24) is 5.32 Å². The van der Waals surface area contributed by atoms with E-state index in [1.165, 1.54) is 7.11 Å². The van der Waals surface area contributed by atoms with Crippen molar-refractivity contribution in [3.05, 3.63) is 53.6 Å². The second kappa shape index (κ2) is 6.17. The lowest BCUT2D eigenvalue weighted by Gasteiger charge is -2.16. The van der Waals surface area contributed by atoms with Crippen LogP contribution in [0.25, 0.3) is 0 Å². The number of rotatable bonds is 4. The summed E-state index contributed by atoms with van der Waals surface area (Å²) in [4.78, 5) is 12.2. The van der Waals surface area contributed by atoms with Gasteiger partial charge in [-0.25, -0.2) is 0 Å². The van der Waals surface area contributed by atoms with Gasteiger partial charge in [0.25, 0.3) is 5.91 Å². The fraction of sp³-hybridized carbons (Fsp3) is 0.188. The molecule has 0 saturated heterocycles. The molecule has 0 fully saturated rings. The van der Waals surface area contributed by atoms with E-state index in [0.717, 1.165) is 5.56 Å². The fourth-order valence-corrected chi connectivity index (χ4v) is 2.06. The van der Waals surface area contributed by atoms with Gasteiger partial charge in [-0.2, -0.15) is 0 Å². The lowest BCUT2D eigenvalue weighted by molar-refractivity contribution is 0.0936. The average molecular weight is 286 g/mol. The van der Waals surface area contributed by atoms with Gasteiger partial charge in [-0.1, -0.05) is 18.2 Å². The molecule has 1 unspecified atom stereocenters. The highest BCUT2D eigenvalue weighted by atomic mass is 16.5. The molecule has 0 radical (unpaired) electrons. The van der Waals surface area contributed by atoms with Crippen LogP contribution < -0.4 is 15.8 Å². The van der Waals surface area contributed by atoms with Crippen LogP contribution in [-0.2, 0) is 0 Å². The van der Waals surface area contributed by atoms with Crippen molar-refractivity contribution in [2.75, 3.05) is 12.8 Å². The van der Waals surface area contributed by atoms with Crippen molar-refractivity contribution in [2.45, 2.75) is 13.0 Å². The van der Waals surface area contributed by atoms with Gasteiger partial charge in [0.05, 0.1) is 18.7 Å². The van der Waals surface area contributed by atoms with Crippen LogP contribution in [0.5, 0.6) is 11.5 Å². The van der Waals surface area contributed by atoms with Gasteiger partial charge in [-0.05, 0) is 36.8 Å². The van der Waals surface area contributed by atoms with Gasteiger partial charge in [-0.15, -0.1) is 0 Å². The van der Waals surface area contributed by atoms with E-state index in [9.17, 15) is 9.90 Å². The van der Waals surface area contributed by atoms with Crippen LogP contribution in [0.15, 0.2) is 42.5 Å². The first-order chi connectivity index (χ1) is 10.0. The minimum Gasteiger partial charge on any atom is -0.504 e. The summed E-state index contributed by atoms with van der Waals surface area (Å²) in [5.74, 6) is -0.280. The molecule has 2 rings (SSSR count). The number of nitrogens with two attached hydrogens (primary N) is 1. The third-order valence-corrected chi connectivity index (χ3v) is 3.22. The van der Waals surface area contributed by atoms with E-state index in [1.54, 1.807) is 30.3 Å². The summed E-state index contributed by atoms with van der Waals surface area (Å²) in [5.41, 5.74) is 7.43. The minimum absolute atomic E-state index is 0.169. The van der Waals surface area contributed by atoms with Crippen molar-refractivity contribution < 1.29 is 14.6 Å². The minimum atomic E-state index is -0.374. The van der Waals surface area contributed by atoms with Crippen LogP contribution >= 0.6 is 0 Å². The van der Waals surface area contributed by atoms with Crippen molar-refractivity contribution >= 4 is 11.6 Å². The summed E-state index contributed by atoms with van der Waals surface area (Å²) in [7, 11) is 1.44. The summed E-state index contributed by atoms with van der Waals surface area (Å²) in [6.07, 6.45) is 0. The van der Waals surface area contributed by atoms with Gasteiger partial charge in [0.15, 0.2) is 11.5 Å². The van der Waals surface area contributed by atoms with E-state index < -0.39 is 0 Å². The number of anilines is 1. The summed E-state index contributed by atoms with van der Waals surface area (Å²) in [5, 5.41) is 12.8. The smallest absolute Gasteiger partial charge is 0.255 e. The molecule has 0 heterocycles. The van der Waals surface area contributed by atoms with Crippen molar-refractivity contribution in [3.63, 3.8) is 0 Å². The molecule has 0 saturated carbocycles. The lowest BCUT2D eigenvalue weighted by Crippen LogP contribution is -2.26. The van der Waals surface area contributed by atoms with E-state index >= 15 is 0 Å². The first-order valence-corrected chi connectivity index (χ1v) is 6.55. The van der Waals surface area contributed by atoms with Crippen LogP contribution in [0.1, 0.15) is 28.9 Å². The molecule has 2 aromatic rings. The molecule has 0 aliphatic heterocycles. The maximum atomic E-state index is 12.2. The van der Waals surface area contributed by atoms with Crippen LogP contribution in [0.3, 0.4) is 0 Å². The Morgan fingerprint density at radius 2 is 2.00 bits per heavy atom. The zero-order valence-corrected chi connectivity index (χ0v) is 12.0. The summed E-state index contributed by atoms with van der Waals surface area (Å²) in [6.45, 7) is 1.85. The van der Waals surface area contributed by atoms with Gasteiger partial charge in [0.2, 0.25) is 0 Å². The van der Waals surface area contributed by atoms with Crippen LogP contribution in [0.2, 0.25) is 0 Å². The Balaban J connectivity index is 2.18. The second-order valence-corrected chi connectivity index (χ2v) is 4.72. The summed E-state index contributed by atoms with van der Waals surface area (Å²) < 4.78 is 4.99. The molecule has 1 amide bonds. The number of methoxy groups -OCH3 is 1. The van der Waals surface area contributed by atoms with Gasteiger partial charge in [0, 0.05) is 5.69 Å². The monoisotopic (exact) mass is 286 g/mol. The van der Waals surface area contributed by atoms with Crippen LogP contribution in [-0.4, -0.2) is 18.1 Å². The largest absolute Gasteiger partial charge is 0.504 e. The molecule has 4 N–H and O–H groups in total. The normalized spacial score (nSPS) is 11.7. The van der Waals surface area contributed by atoms with Gasteiger partial charge in [-0.3, -0.25) is 4.79 Å². The number of amides is 1. The van der Waals surface area contributed by atoms with Gasteiger partial charge >= 0.3 is 0 Å². The third kappa shape index (κ3) is 3.25. The van der Waals surface area contributed by atoms with Crippen molar-refractivity contribution in [1.29, 1.82) is 0 Å². The van der Waals surface area contributed by atoms with Gasteiger partial charge < -0.3 is 20.9 Å². The van der Waals surface area contributed by atoms with Gasteiger partial charge in [0.1, 0.15) is 0 Å². The molecule has 21 heavy (non-hydrogen) atoms. The molecular weight excluding hydrogens is 268 g/mol. The fourth-order valence-electron chi connectivity index (χ4n) is 2.06. The topological polar surface area (TPSA) is 84.6 Å². The SMILES string of the molecule is COc1cccc(C(=O)NC(C)c2cccc(N)c2)c1O. The van der Waals surface area contributed by atoms with E-state index in [4.69, 9.17) is 10.5 Å². The highest BCUT2D eigenvalue weighted by Gasteiger charge is 2.17. The van der Waals surface area contributed by atoms with E-state index in [1.807, 2.05) is 19.1 Å². The Bertz CT molecular complexity index is 656. The number of hydrogen-bond donors (Lipinski definition) is 3. The van der Waals surface area contributed by atoms with Crippen LogP contribution in [0.4, 0.5) is 5.69 Å². The Morgan fingerprint density at radius 3 is 2.67 bits per heavy atom. The maximum absolute atomic E-state index is 12.2. The van der Waals surface area contributed by atoms with Crippen molar-refractivity contribution in [3.8, 4) is 11.5 Å². The number of benzene rings is 2. The Hall–Kier alpha value is -2.69. The van der Waals surface area contributed by atoms with Crippen molar-refractivity contribution in [2.24, 2.45) is 0 Å².